The van der Waals surface area contributed by atoms with E-state index in [0.717, 1.165) is 19.5 Å². The maximum Gasteiger partial charge on any atom is 0.338 e. The first kappa shape index (κ1) is 15.2. The molecule has 1 atom stereocenters. The van der Waals surface area contributed by atoms with Crippen molar-refractivity contribution in [2.75, 3.05) is 32.1 Å². The summed E-state index contributed by atoms with van der Waals surface area (Å²) in [7, 11) is 2.01. The Morgan fingerprint density at radius 2 is 2.33 bits per heavy atom. The van der Waals surface area contributed by atoms with Crippen LogP contribution in [0.2, 0.25) is 0 Å². The van der Waals surface area contributed by atoms with E-state index >= 15 is 0 Å². The third kappa shape index (κ3) is 3.69. The molecule has 0 saturated carbocycles. The highest BCUT2D eigenvalue weighted by Gasteiger charge is 2.24. The number of hydrogen-bond donors (Lipinski definition) is 1. The van der Waals surface area contributed by atoms with Crippen LogP contribution >= 0.6 is 0 Å². The lowest BCUT2D eigenvalue weighted by atomic mass is 10.1. The number of carbonyl (C=O) groups excluding carboxylic acids is 1. The molecule has 1 aromatic carbocycles. The van der Waals surface area contributed by atoms with Gasteiger partial charge in [0.05, 0.1) is 17.1 Å². The van der Waals surface area contributed by atoms with Crippen molar-refractivity contribution < 1.29 is 14.5 Å². The van der Waals surface area contributed by atoms with Crippen LogP contribution in [-0.2, 0) is 4.74 Å². The minimum absolute atomic E-state index is 0.102. The Morgan fingerprint density at radius 1 is 1.57 bits per heavy atom. The van der Waals surface area contributed by atoms with Crippen molar-refractivity contribution >= 4 is 17.3 Å². The van der Waals surface area contributed by atoms with E-state index in [1.54, 1.807) is 19.1 Å². The average Bonchev–Trinajstić information content (AvgIpc) is 2.84. The largest absolute Gasteiger partial charge is 0.462 e. The monoisotopic (exact) mass is 293 g/mol. The van der Waals surface area contributed by atoms with Gasteiger partial charge in [-0.05, 0) is 39.1 Å². The van der Waals surface area contributed by atoms with E-state index in [1.807, 2.05) is 7.05 Å². The number of ether oxygens (including phenoxy) is 1. The van der Waals surface area contributed by atoms with Gasteiger partial charge in [0, 0.05) is 18.7 Å². The highest BCUT2D eigenvalue weighted by Crippen LogP contribution is 2.27. The fourth-order valence-corrected chi connectivity index (χ4v) is 2.42. The summed E-state index contributed by atoms with van der Waals surface area (Å²) in [6, 6.07) is 4.57. The van der Waals surface area contributed by atoms with Gasteiger partial charge in [-0.1, -0.05) is 0 Å². The highest BCUT2D eigenvalue weighted by atomic mass is 16.6. The zero-order chi connectivity index (χ0) is 15.4. The van der Waals surface area contributed by atoms with E-state index < -0.39 is 10.9 Å². The van der Waals surface area contributed by atoms with E-state index in [-0.39, 0.29) is 23.9 Å². The van der Waals surface area contributed by atoms with Gasteiger partial charge in [-0.3, -0.25) is 10.1 Å². The molecule has 1 unspecified atom stereocenters. The van der Waals surface area contributed by atoms with Gasteiger partial charge >= 0.3 is 5.97 Å². The van der Waals surface area contributed by atoms with Gasteiger partial charge in [0.15, 0.2) is 0 Å². The Hall–Kier alpha value is -2.15. The molecule has 0 amide bonds. The summed E-state index contributed by atoms with van der Waals surface area (Å²) >= 11 is 0. The van der Waals surface area contributed by atoms with Crippen LogP contribution in [0.3, 0.4) is 0 Å². The number of likely N-dealkylation sites (tertiary alicyclic amines) is 1. The summed E-state index contributed by atoms with van der Waals surface area (Å²) in [5.41, 5.74) is 0.529. The van der Waals surface area contributed by atoms with Crippen molar-refractivity contribution in [3.05, 3.63) is 33.9 Å². The third-order valence-electron chi connectivity index (χ3n) is 3.46. The number of carbonyl (C=O) groups is 1. The first-order valence-corrected chi connectivity index (χ1v) is 6.92. The molecule has 114 valence electrons. The number of nitrogens with zero attached hydrogens (tertiary/aromatic N) is 2. The molecular formula is C14H19N3O4. The standard InChI is InChI=1S/C14H19N3O4/c1-3-21-14(18)10-4-5-12(13(8-10)17(19)20)15-11-6-7-16(2)9-11/h4-5,8,11,15H,3,6-7,9H2,1-2H3. The Labute approximate surface area is 123 Å². The molecular weight excluding hydrogens is 274 g/mol. The second-order valence-electron chi connectivity index (χ2n) is 5.10. The summed E-state index contributed by atoms with van der Waals surface area (Å²) < 4.78 is 4.86. The Balaban J connectivity index is 2.21. The third-order valence-corrected chi connectivity index (χ3v) is 3.46. The fraction of sp³-hybridized carbons (Fsp3) is 0.500. The fourth-order valence-electron chi connectivity index (χ4n) is 2.42. The van der Waals surface area contributed by atoms with Gasteiger partial charge in [0.25, 0.3) is 5.69 Å². The van der Waals surface area contributed by atoms with Crippen LogP contribution in [0.15, 0.2) is 18.2 Å². The normalized spacial score (nSPS) is 18.5. The maximum atomic E-state index is 11.6. The highest BCUT2D eigenvalue weighted by molar-refractivity contribution is 5.91. The minimum Gasteiger partial charge on any atom is -0.462 e. The number of rotatable bonds is 5. The molecule has 0 aliphatic carbocycles. The molecule has 1 heterocycles. The number of benzene rings is 1. The van der Waals surface area contributed by atoms with Crippen LogP contribution in [0.4, 0.5) is 11.4 Å². The predicted octanol–water partition coefficient (Wildman–Crippen LogP) is 1.89. The van der Waals surface area contributed by atoms with E-state index in [4.69, 9.17) is 4.74 Å². The van der Waals surface area contributed by atoms with E-state index in [9.17, 15) is 14.9 Å². The summed E-state index contributed by atoms with van der Waals surface area (Å²) in [5.74, 6) is -0.548. The van der Waals surface area contributed by atoms with Crippen molar-refractivity contribution in [3.63, 3.8) is 0 Å². The first-order valence-electron chi connectivity index (χ1n) is 6.92. The summed E-state index contributed by atoms with van der Waals surface area (Å²) in [4.78, 5) is 24.5. The van der Waals surface area contributed by atoms with Crippen molar-refractivity contribution in [3.8, 4) is 0 Å². The minimum atomic E-state index is -0.548. The number of anilines is 1. The van der Waals surface area contributed by atoms with Crippen molar-refractivity contribution in [1.29, 1.82) is 0 Å². The van der Waals surface area contributed by atoms with E-state index in [1.165, 1.54) is 6.07 Å². The number of nitrogens with one attached hydrogen (secondary N) is 1. The molecule has 2 rings (SSSR count). The van der Waals surface area contributed by atoms with Crippen LogP contribution < -0.4 is 5.32 Å². The van der Waals surface area contributed by atoms with Gasteiger partial charge in [0.2, 0.25) is 0 Å². The molecule has 0 bridgehead atoms. The first-order chi connectivity index (χ1) is 10.0. The summed E-state index contributed by atoms with van der Waals surface area (Å²) in [6.07, 6.45) is 0.938. The zero-order valence-electron chi connectivity index (χ0n) is 12.2. The SMILES string of the molecule is CCOC(=O)c1ccc(NC2CCN(C)C2)c([N+](=O)[O-])c1. The van der Waals surface area contributed by atoms with Crippen LogP contribution in [0.1, 0.15) is 23.7 Å². The zero-order valence-corrected chi connectivity index (χ0v) is 12.2. The number of nitro benzene ring substituents is 1. The van der Waals surface area contributed by atoms with Crippen LogP contribution in [-0.4, -0.2) is 48.6 Å². The van der Waals surface area contributed by atoms with Gasteiger partial charge in [-0.2, -0.15) is 0 Å². The van der Waals surface area contributed by atoms with Crippen LogP contribution in [0.5, 0.6) is 0 Å². The Morgan fingerprint density at radius 3 is 2.90 bits per heavy atom. The lowest BCUT2D eigenvalue weighted by Gasteiger charge is -2.14. The molecule has 7 heteroatoms. The molecule has 1 aliphatic rings. The number of hydrogen-bond acceptors (Lipinski definition) is 6. The molecule has 0 radical (unpaired) electrons. The van der Waals surface area contributed by atoms with Crippen molar-refractivity contribution in [2.24, 2.45) is 0 Å². The second kappa shape index (κ2) is 6.53. The molecule has 0 spiro atoms. The number of nitro groups is 1. The predicted molar refractivity (Wildman–Crippen MR) is 78.6 cm³/mol. The molecule has 1 fully saturated rings. The van der Waals surface area contributed by atoms with Crippen LogP contribution in [0.25, 0.3) is 0 Å². The Kier molecular flexibility index (Phi) is 4.74. The quantitative estimate of drug-likeness (QED) is 0.507. The lowest BCUT2D eigenvalue weighted by Crippen LogP contribution is -2.24. The molecule has 1 saturated heterocycles. The second-order valence-corrected chi connectivity index (χ2v) is 5.10. The number of esters is 1. The Bertz CT molecular complexity index is 547. The molecule has 1 aromatic rings. The smallest absolute Gasteiger partial charge is 0.338 e. The van der Waals surface area contributed by atoms with E-state index in [0.29, 0.717) is 5.69 Å². The average molecular weight is 293 g/mol. The van der Waals surface area contributed by atoms with Gasteiger partial charge in [0.1, 0.15) is 5.69 Å². The topological polar surface area (TPSA) is 84.7 Å². The lowest BCUT2D eigenvalue weighted by molar-refractivity contribution is -0.384. The van der Waals surface area contributed by atoms with Crippen LogP contribution in [0, 0.1) is 10.1 Å². The van der Waals surface area contributed by atoms with E-state index in [2.05, 4.69) is 10.2 Å². The van der Waals surface area contributed by atoms with Gasteiger partial charge < -0.3 is 15.0 Å². The van der Waals surface area contributed by atoms with Crippen molar-refractivity contribution in [1.82, 2.24) is 4.90 Å². The van der Waals surface area contributed by atoms with Crippen molar-refractivity contribution in [2.45, 2.75) is 19.4 Å². The molecule has 7 nitrogen and oxygen atoms in total. The molecule has 0 aromatic heterocycles. The maximum absolute atomic E-state index is 11.6. The van der Waals surface area contributed by atoms with Gasteiger partial charge in [-0.25, -0.2) is 4.79 Å². The molecule has 1 aliphatic heterocycles. The molecule has 1 N–H and O–H groups in total. The summed E-state index contributed by atoms with van der Waals surface area (Å²) in [6.45, 7) is 3.74. The van der Waals surface area contributed by atoms with Gasteiger partial charge in [-0.15, -0.1) is 0 Å². The number of likely N-dealkylation sites (N-methyl/N-ethyl adjacent to an activating group) is 1. The summed E-state index contributed by atoms with van der Waals surface area (Å²) in [5, 5.41) is 14.4. The molecule has 21 heavy (non-hydrogen) atoms.